The number of rotatable bonds is 2. The molecule has 4 nitrogen and oxygen atoms in total. The van der Waals surface area contributed by atoms with E-state index in [2.05, 4.69) is 4.98 Å². The van der Waals surface area contributed by atoms with Gasteiger partial charge in [-0.15, -0.1) is 0 Å². The highest BCUT2D eigenvalue weighted by Gasteiger charge is 2.15. The number of hydrogen-bond donors (Lipinski definition) is 3. The topological polar surface area (TPSA) is 65.5 Å². The Labute approximate surface area is 81.3 Å². The molecule has 3 N–H and O–H groups in total. The van der Waals surface area contributed by atoms with Crippen LogP contribution >= 0.6 is 0 Å². The van der Waals surface area contributed by atoms with E-state index in [0.29, 0.717) is 11.3 Å². The second-order valence-corrected chi connectivity index (χ2v) is 3.02. The van der Waals surface area contributed by atoms with Crippen molar-refractivity contribution in [3.63, 3.8) is 0 Å². The Kier molecular flexibility index (Phi) is 2.19. The predicted molar refractivity (Wildman–Crippen MR) is 54.7 cm³/mol. The number of fused-ring (bicyclic) bond motifs is 1. The number of aromatic amines is 1. The van der Waals surface area contributed by atoms with Gasteiger partial charge in [0.15, 0.2) is 0 Å². The van der Waals surface area contributed by atoms with Gasteiger partial charge in [0.25, 0.3) is 0 Å². The number of aromatic nitrogens is 1. The molecule has 0 aliphatic heterocycles. The molecule has 0 aliphatic rings. The minimum absolute atomic E-state index is 0.365. The summed E-state index contributed by atoms with van der Waals surface area (Å²) >= 11 is 0. The fourth-order valence-corrected chi connectivity index (χ4v) is 1.47. The first-order chi connectivity index (χ1) is 6.72. The number of hydrogen-bond acceptors (Lipinski definition) is 3. The standard InChI is InChI=1S/C9H10BNO3/c1-14-8-4-2-3-7-6(8)5-9(11-7)10(12)13/h2-5,11-13H,1H3. The number of methoxy groups -OCH3 is 1. The van der Waals surface area contributed by atoms with Crippen LogP contribution < -0.4 is 10.3 Å². The third-order valence-corrected chi connectivity index (χ3v) is 2.14. The van der Waals surface area contributed by atoms with Crippen molar-refractivity contribution in [1.82, 2.24) is 4.98 Å². The minimum atomic E-state index is -1.48. The van der Waals surface area contributed by atoms with E-state index >= 15 is 0 Å². The molecule has 2 aromatic rings. The molecule has 2 rings (SSSR count). The molecule has 0 aliphatic carbocycles. The van der Waals surface area contributed by atoms with Crippen LogP contribution in [0.25, 0.3) is 10.9 Å². The maximum absolute atomic E-state index is 8.97. The zero-order valence-corrected chi connectivity index (χ0v) is 7.69. The lowest BCUT2D eigenvalue weighted by atomic mass is 9.86. The van der Waals surface area contributed by atoms with Crippen LogP contribution in [0, 0.1) is 0 Å². The summed E-state index contributed by atoms with van der Waals surface area (Å²) in [6.07, 6.45) is 0. The minimum Gasteiger partial charge on any atom is -0.496 e. The Morgan fingerprint density at radius 2 is 2.14 bits per heavy atom. The summed E-state index contributed by atoms with van der Waals surface area (Å²) in [5.41, 5.74) is 1.19. The summed E-state index contributed by atoms with van der Waals surface area (Å²) in [7, 11) is 0.101. The number of nitrogens with one attached hydrogen (secondary N) is 1. The second-order valence-electron chi connectivity index (χ2n) is 3.02. The molecule has 0 bridgehead atoms. The molecule has 0 radical (unpaired) electrons. The van der Waals surface area contributed by atoms with Gasteiger partial charge in [-0.1, -0.05) is 6.07 Å². The summed E-state index contributed by atoms with van der Waals surface area (Å²) in [6, 6.07) is 7.18. The molecule has 0 amide bonds. The smallest absolute Gasteiger partial charge is 0.496 e. The van der Waals surface area contributed by atoms with E-state index in [-0.39, 0.29) is 0 Å². The Balaban J connectivity index is 2.64. The van der Waals surface area contributed by atoms with Crippen molar-refractivity contribution in [3.8, 4) is 5.75 Å². The SMILES string of the molecule is COc1cccc2[nH]c(B(O)O)cc12. The molecule has 1 aromatic carbocycles. The van der Waals surface area contributed by atoms with Crippen LogP contribution in [0.4, 0.5) is 0 Å². The predicted octanol–water partition coefficient (Wildman–Crippen LogP) is -0.144. The van der Waals surface area contributed by atoms with Gasteiger partial charge in [0.05, 0.1) is 7.11 Å². The van der Waals surface area contributed by atoms with Crippen molar-refractivity contribution in [2.24, 2.45) is 0 Å². The highest BCUT2D eigenvalue weighted by atomic mass is 16.5. The van der Waals surface area contributed by atoms with E-state index in [4.69, 9.17) is 14.8 Å². The average molecular weight is 191 g/mol. The van der Waals surface area contributed by atoms with E-state index in [9.17, 15) is 0 Å². The van der Waals surface area contributed by atoms with Gasteiger partial charge in [-0.2, -0.15) is 0 Å². The number of ether oxygens (including phenoxy) is 1. The van der Waals surface area contributed by atoms with Crippen LogP contribution in [0.1, 0.15) is 0 Å². The Morgan fingerprint density at radius 1 is 1.36 bits per heavy atom. The Morgan fingerprint density at radius 3 is 2.79 bits per heavy atom. The Hall–Kier alpha value is -1.46. The van der Waals surface area contributed by atoms with Crippen molar-refractivity contribution in [2.75, 3.05) is 7.11 Å². The highest BCUT2D eigenvalue weighted by Crippen LogP contribution is 2.23. The first-order valence-corrected chi connectivity index (χ1v) is 4.24. The molecule has 1 heterocycles. The highest BCUT2D eigenvalue weighted by molar-refractivity contribution is 6.58. The van der Waals surface area contributed by atoms with Crippen LogP contribution in [-0.2, 0) is 0 Å². The van der Waals surface area contributed by atoms with Gasteiger partial charge in [-0.05, 0) is 18.2 Å². The molecular formula is C9H10BNO3. The summed E-state index contributed by atoms with van der Waals surface area (Å²) in [4.78, 5) is 2.89. The van der Waals surface area contributed by atoms with Crippen molar-refractivity contribution in [1.29, 1.82) is 0 Å². The lowest BCUT2D eigenvalue weighted by molar-refractivity contribution is 0.420. The normalized spacial score (nSPS) is 10.5. The van der Waals surface area contributed by atoms with E-state index in [0.717, 1.165) is 10.9 Å². The lowest BCUT2D eigenvalue weighted by Gasteiger charge is -1.99. The fourth-order valence-electron chi connectivity index (χ4n) is 1.47. The summed E-state index contributed by atoms with van der Waals surface area (Å²) < 4.78 is 5.14. The molecule has 72 valence electrons. The summed E-state index contributed by atoms with van der Waals surface area (Å²) in [5, 5.41) is 18.8. The Bertz CT molecular complexity index is 452. The molecular weight excluding hydrogens is 181 g/mol. The molecule has 14 heavy (non-hydrogen) atoms. The first kappa shape index (κ1) is 9.11. The largest absolute Gasteiger partial charge is 0.505 e. The van der Waals surface area contributed by atoms with Gasteiger partial charge in [0.1, 0.15) is 5.75 Å². The van der Waals surface area contributed by atoms with Crippen molar-refractivity contribution in [2.45, 2.75) is 0 Å². The van der Waals surface area contributed by atoms with Crippen LogP contribution in [0.5, 0.6) is 5.75 Å². The van der Waals surface area contributed by atoms with Crippen LogP contribution in [-0.4, -0.2) is 29.3 Å². The van der Waals surface area contributed by atoms with Crippen molar-refractivity contribution < 1.29 is 14.8 Å². The third kappa shape index (κ3) is 1.36. The monoisotopic (exact) mass is 191 g/mol. The zero-order chi connectivity index (χ0) is 10.1. The number of benzene rings is 1. The molecule has 0 atom stereocenters. The quantitative estimate of drug-likeness (QED) is 0.578. The lowest BCUT2D eigenvalue weighted by Crippen LogP contribution is -2.30. The van der Waals surface area contributed by atoms with Gasteiger partial charge in [-0.25, -0.2) is 0 Å². The summed E-state index contributed by atoms with van der Waals surface area (Å²) in [6.45, 7) is 0. The maximum Gasteiger partial charge on any atom is 0.505 e. The molecule has 0 saturated carbocycles. The molecule has 1 aromatic heterocycles. The van der Waals surface area contributed by atoms with Gasteiger partial charge in [0, 0.05) is 16.5 Å². The second kappa shape index (κ2) is 3.36. The van der Waals surface area contributed by atoms with Gasteiger partial charge in [-0.3, -0.25) is 0 Å². The van der Waals surface area contributed by atoms with E-state index in [1.54, 1.807) is 13.2 Å². The van der Waals surface area contributed by atoms with Crippen molar-refractivity contribution in [3.05, 3.63) is 24.3 Å². The van der Waals surface area contributed by atoms with Crippen LogP contribution in [0.3, 0.4) is 0 Å². The molecule has 5 heteroatoms. The summed E-state index contributed by atoms with van der Waals surface area (Å²) in [5.74, 6) is 0.714. The fraction of sp³-hybridized carbons (Fsp3) is 0.111. The van der Waals surface area contributed by atoms with Gasteiger partial charge >= 0.3 is 7.12 Å². The molecule has 0 spiro atoms. The van der Waals surface area contributed by atoms with E-state index < -0.39 is 7.12 Å². The zero-order valence-electron chi connectivity index (χ0n) is 7.69. The first-order valence-electron chi connectivity index (χ1n) is 4.24. The average Bonchev–Trinajstić information content (AvgIpc) is 2.60. The van der Waals surface area contributed by atoms with Gasteiger partial charge < -0.3 is 19.8 Å². The number of H-pyrrole nitrogens is 1. The molecule has 0 saturated heterocycles. The van der Waals surface area contributed by atoms with Crippen molar-refractivity contribution >= 4 is 23.6 Å². The van der Waals surface area contributed by atoms with Gasteiger partial charge in [0.2, 0.25) is 0 Å². The maximum atomic E-state index is 8.97. The van der Waals surface area contributed by atoms with E-state index in [1.165, 1.54) is 0 Å². The third-order valence-electron chi connectivity index (χ3n) is 2.14. The molecule has 0 unspecified atom stereocenters. The van der Waals surface area contributed by atoms with Crippen LogP contribution in [0.2, 0.25) is 0 Å². The molecule has 0 fully saturated rings. The van der Waals surface area contributed by atoms with E-state index in [1.807, 2.05) is 18.2 Å². The van der Waals surface area contributed by atoms with Crippen LogP contribution in [0.15, 0.2) is 24.3 Å².